The van der Waals surface area contributed by atoms with Gasteiger partial charge in [0.15, 0.2) is 0 Å². The minimum atomic E-state index is -3.30. The van der Waals surface area contributed by atoms with Gasteiger partial charge in [-0.2, -0.15) is 0 Å². The number of rotatable bonds is 6. The maximum absolute atomic E-state index is 11.0. The Bertz CT molecular complexity index is 239. The van der Waals surface area contributed by atoms with Gasteiger partial charge >= 0.3 is 7.60 Å². The molecule has 1 N–H and O–H groups in total. The molecule has 82 valence electrons. The SMILES string of the molecule is CCCCC#CCCCP(=O)(O)OC. The van der Waals surface area contributed by atoms with Crippen LogP contribution in [0.1, 0.15) is 39.0 Å². The van der Waals surface area contributed by atoms with Gasteiger partial charge in [-0.1, -0.05) is 13.3 Å². The second-order valence-corrected chi connectivity index (χ2v) is 5.19. The first-order valence-electron chi connectivity index (χ1n) is 4.95. The van der Waals surface area contributed by atoms with Gasteiger partial charge in [0, 0.05) is 20.0 Å². The van der Waals surface area contributed by atoms with Gasteiger partial charge in [-0.15, -0.1) is 11.8 Å². The molecule has 0 saturated heterocycles. The van der Waals surface area contributed by atoms with E-state index in [-0.39, 0.29) is 6.16 Å². The van der Waals surface area contributed by atoms with E-state index in [0.29, 0.717) is 12.8 Å². The van der Waals surface area contributed by atoms with Crippen LogP contribution in [0.4, 0.5) is 0 Å². The molecule has 0 fully saturated rings. The maximum Gasteiger partial charge on any atom is 0.327 e. The predicted octanol–water partition coefficient (Wildman–Crippen LogP) is 2.79. The van der Waals surface area contributed by atoms with Crippen molar-refractivity contribution in [2.45, 2.75) is 39.0 Å². The lowest BCUT2D eigenvalue weighted by atomic mass is 10.2. The van der Waals surface area contributed by atoms with Crippen molar-refractivity contribution >= 4 is 7.60 Å². The Kier molecular flexibility index (Phi) is 7.89. The molecule has 0 amide bonds. The zero-order valence-corrected chi connectivity index (χ0v) is 9.85. The average molecular weight is 218 g/mol. The van der Waals surface area contributed by atoms with E-state index in [0.717, 1.165) is 19.3 Å². The van der Waals surface area contributed by atoms with E-state index in [1.54, 1.807) is 0 Å². The molecule has 0 aliphatic carbocycles. The van der Waals surface area contributed by atoms with Gasteiger partial charge in [0.05, 0.1) is 6.16 Å². The molecule has 1 unspecified atom stereocenters. The molecule has 1 atom stereocenters. The van der Waals surface area contributed by atoms with Crippen molar-refractivity contribution in [1.29, 1.82) is 0 Å². The van der Waals surface area contributed by atoms with Crippen molar-refractivity contribution in [3.05, 3.63) is 0 Å². The Hall–Kier alpha value is -0.290. The second-order valence-electron chi connectivity index (χ2n) is 3.10. The summed E-state index contributed by atoms with van der Waals surface area (Å²) in [7, 11) is -2.04. The highest BCUT2D eigenvalue weighted by atomic mass is 31.2. The van der Waals surface area contributed by atoms with E-state index < -0.39 is 7.60 Å². The van der Waals surface area contributed by atoms with Gasteiger partial charge in [0.1, 0.15) is 0 Å². The van der Waals surface area contributed by atoms with E-state index in [1.165, 1.54) is 7.11 Å². The van der Waals surface area contributed by atoms with Gasteiger partial charge in [0.25, 0.3) is 0 Å². The van der Waals surface area contributed by atoms with Crippen LogP contribution in [0.15, 0.2) is 0 Å². The minimum Gasteiger partial charge on any atom is -0.324 e. The van der Waals surface area contributed by atoms with E-state index in [4.69, 9.17) is 4.89 Å². The topological polar surface area (TPSA) is 46.5 Å². The molecule has 14 heavy (non-hydrogen) atoms. The first-order valence-corrected chi connectivity index (χ1v) is 6.72. The van der Waals surface area contributed by atoms with Crippen LogP contribution >= 0.6 is 7.60 Å². The quantitative estimate of drug-likeness (QED) is 0.423. The van der Waals surface area contributed by atoms with Crippen LogP contribution in [0.2, 0.25) is 0 Å². The summed E-state index contributed by atoms with van der Waals surface area (Å²) in [5.74, 6) is 6.01. The fourth-order valence-corrected chi connectivity index (χ4v) is 1.64. The highest BCUT2D eigenvalue weighted by molar-refractivity contribution is 7.52. The molecular weight excluding hydrogens is 199 g/mol. The van der Waals surface area contributed by atoms with E-state index >= 15 is 0 Å². The highest BCUT2D eigenvalue weighted by Crippen LogP contribution is 2.41. The molecule has 0 aliphatic heterocycles. The van der Waals surface area contributed by atoms with E-state index in [2.05, 4.69) is 23.3 Å². The Morgan fingerprint density at radius 2 is 1.86 bits per heavy atom. The van der Waals surface area contributed by atoms with Crippen molar-refractivity contribution in [1.82, 2.24) is 0 Å². The first kappa shape index (κ1) is 13.7. The first-order chi connectivity index (χ1) is 6.62. The van der Waals surface area contributed by atoms with E-state index in [1.807, 2.05) is 0 Å². The Labute approximate surface area is 86.4 Å². The zero-order valence-electron chi connectivity index (χ0n) is 8.95. The van der Waals surface area contributed by atoms with Crippen LogP contribution in [0.3, 0.4) is 0 Å². The average Bonchev–Trinajstić information content (AvgIpc) is 2.16. The van der Waals surface area contributed by atoms with Crippen LogP contribution in [0.5, 0.6) is 0 Å². The lowest BCUT2D eigenvalue weighted by molar-refractivity contribution is 0.315. The Morgan fingerprint density at radius 3 is 2.36 bits per heavy atom. The fraction of sp³-hybridized carbons (Fsp3) is 0.800. The molecule has 0 rings (SSSR count). The molecule has 3 nitrogen and oxygen atoms in total. The molecule has 0 aromatic heterocycles. The van der Waals surface area contributed by atoms with Gasteiger partial charge in [-0.3, -0.25) is 4.57 Å². The Morgan fingerprint density at radius 1 is 1.29 bits per heavy atom. The molecular formula is C10H19O3P. The lowest BCUT2D eigenvalue weighted by Crippen LogP contribution is -1.90. The highest BCUT2D eigenvalue weighted by Gasteiger charge is 2.14. The van der Waals surface area contributed by atoms with Crippen LogP contribution in [-0.4, -0.2) is 18.2 Å². The summed E-state index contributed by atoms with van der Waals surface area (Å²) in [5.41, 5.74) is 0. The van der Waals surface area contributed by atoms with Gasteiger partial charge in [-0.05, 0) is 12.8 Å². The third kappa shape index (κ3) is 8.31. The third-order valence-corrected chi connectivity index (χ3v) is 3.26. The van der Waals surface area contributed by atoms with Crippen molar-refractivity contribution in [3.63, 3.8) is 0 Å². The van der Waals surface area contributed by atoms with Crippen LogP contribution in [0, 0.1) is 11.8 Å². The predicted molar refractivity (Wildman–Crippen MR) is 58.2 cm³/mol. The van der Waals surface area contributed by atoms with Crippen molar-refractivity contribution in [2.24, 2.45) is 0 Å². The monoisotopic (exact) mass is 218 g/mol. The summed E-state index contributed by atoms with van der Waals surface area (Å²) in [6, 6.07) is 0. The molecule has 0 bridgehead atoms. The summed E-state index contributed by atoms with van der Waals surface area (Å²) >= 11 is 0. The van der Waals surface area contributed by atoms with Crippen LogP contribution < -0.4 is 0 Å². The van der Waals surface area contributed by atoms with Gasteiger partial charge in [0.2, 0.25) is 0 Å². The molecule has 0 aromatic carbocycles. The molecule has 0 radical (unpaired) electrons. The molecule has 0 saturated carbocycles. The van der Waals surface area contributed by atoms with Crippen molar-refractivity contribution in [3.8, 4) is 11.8 Å². The maximum atomic E-state index is 11.0. The summed E-state index contributed by atoms with van der Waals surface area (Å²) in [6.07, 6.45) is 4.72. The Balaban J connectivity index is 3.44. The fourth-order valence-electron chi connectivity index (χ4n) is 0.900. The summed E-state index contributed by atoms with van der Waals surface area (Å²) in [6.45, 7) is 2.13. The standard InChI is InChI=1S/C10H19O3P/c1-3-4-5-6-7-8-9-10-14(11,12)13-2/h3-5,8-10H2,1-2H3,(H,11,12). The van der Waals surface area contributed by atoms with Crippen molar-refractivity contribution < 1.29 is 14.0 Å². The van der Waals surface area contributed by atoms with Gasteiger partial charge in [-0.25, -0.2) is 0 Å². The van der Waals surface area contributed by atoms with Crippen LogP contribution in [0.25, 0.3) is 0 Å². The molecule has 4 heteroatoms. The molecule has 0 heterocycles. The number of unbranched alkanes of at least 4 members (excludes halogenated alkanes) is 3. The summed E-state index contributed by atoms with van der Waals surface area (Å²) in [4.78, 5) is 9.05. The number of hydrogen-bond acceptors (Lipinski definition) is 2. The zero-order chi connectivity index (χ0) is 10.9. The largest absolute Gasteiger partial charge is 0.327 e. The van der Waals surface area contributed by atoms with Gasteiger partial charge < -0.3 is 9.42 Å². The molecule has 0 spiro atoms. The summed E-state index contributed by atoms with van der Waals surface area (Å²) in [5, 5.41) is 0. The van der Waals surface area contributed by atoms with Crippen molar-refractivity contribution in [2.75, 3.05) is 13.3 Å². The third-order valence-electron chi connectivity index (χ3n) is 1.81. The normalized spacial score (nSPS) is 14.2. The summed E-state index contributed by atoms with van der Waals surface area (Å²) < 4.78 is 15.4. The van der Waals surface area contributed by atoms with Crippen LogP contribution in [-0.2, 0) is 9.09 Å². The molecule has 0 aromatic rings. The smallest absolute Gasteiger partial charge is 0.324 e. The molecule has 0 aliphatic rings. The lowest BCUT2D eigenvalue weighted by Gasteiger charge is -2.05. The number of hydrogen-bond donors (Lipinski definition) is 1. The minimum absolute atomic E-state index is 0.200. The second kappa shape index (κ2) is 8.05. The van der Waals surface area contributed by atoms with E-state index in [9.17, 15) is 4.57 Å².